The summed E-state index contributed by atoms with van der Waals surface area (Å²) in [7, 11) is -3.66. The molecule has 4 nitrogen and oxygen atoms in total. The maximum atomic E-state index is 12.3. The van der Waals surface area contributed by atoms with Crippen molar-refractivity contribution in [1.29, 1.82) is 0 Å². The number of nitrogens with zero attached hydrogens (tertiary/aromatic N) is 1. The van der Waals surface area contributed by atoms with Gasteiger partial charge >= 0.3 is 0 Å². The minimum absolute atomic E-state index is 0.179. The highest BCUT2D eigenvalue weighted by molar-refractivity contribution is 9.12. The van der Waals surface area contributed by atoms with Crippen molar-refractivity contribution in [1.82, 2.24) is 4.98 Å². The van der Waals surface area contributed by atoms with Gasteiger partial charge in [0, 0.05) is 0 Å². The van der Waals surface area contributed by atoms with Crippen LogP contribution in [0.3, 0.4) is 0 Å². The number of anilines is 1. The number of hydrogen-bond acceptors (Lipinski definition) is 4. The molecule has 19 heavy (non-hydrogen) atoms. The Labute approximate surface area is 136 Å². The van der Waals surface area contributed by atoms with Gasteiger partial charge in [-0.1, -0.05) is 11.6 Å². The Kier molecular flexibility index (Phi) is 4.56. The van der Waals surface area contributed by atoms with E-state index >= 15 is 0 Å². The molecule has 0 aliphatic carbocycles. The second-order valence-electron chi connectivity index (χ2n) is 3.56. The van der Waals surface area contributed by atoms with Gasteiger partial charge in [-0.25, -0.2) is 13.4 Å². The maximum absolute atomic E-state index is 12.3. The summed E-state index contributed by atoms with van der Waals surface area (Å²) in [6.45, 7) is 1.68. The number of hydrogen-bond donors (Lipinski definition) is 1. The van der Waals surface area contributed by atoms with E-state index in [2.05, 4.69) is 41.6 Å². The van der Waals surface area contributed by atoms with Crippen LogP contribution in [0.15, 0.2) is 30.7 Å². The molecule has 2 aromatic rings. The number of rotatable bonds is 3. The SMILES string of the molecule is Cc1nc(Cl)ccc1NS(=O)(=O)c1cc(Br)sc1Br. The summed E-state index contributed by atoms with van der Waals surface area (Å²) >= 11 is 13.5. The van der Waals surface area contributed by atoms with Gasteiger partial charge in [0.2, 0.25) is 0 Å². The number of thiophene rings is 1. The second kappa shape index (κ2) is 5.69. The lowest BCUT2D eigenvalue weighted by Gasteiger charge is -2.09. The third-order valence-corrected chi connectivity index (χ3v) is 6.54. The summed E-state index contributed by atoms with van der Waals surface area (Å²) in [5.74, 6) is 0. The molecule has 0 aromatic carbocycles. The van der Waals surface area contributed by atoms with Crippen molar-refractivity contribution in [3.8, 4) is 0 Å². The molecule has 0 saturated heterocycles. The zero-order valence-corrected chi connectivity index (χ0v) is 15.0. The van der Waals surface area contributed by atoms with Crippen molar-refractivity contribution in [2.75, 3.05) is 4.72 Å². The molecule has 2 heterocycles. The van der Waals surface area contributed by atoms with Gasteiger partial charge in [0.25, 0.3) is 10.0 Å². The van der Waals surface area contributed by atoms with Crippen LogP contribution < -0.4 is 4.72 Å². The Morgan fingerprint density at radius 2 is 2.05 bits per heavy atom. The smallest absolute Gasteiger partial charge is 0.263 e. The maximum Gasteiger partial charge on any atom is 0.263 e. The first-order valence-electron chi connectivity index (χ1n) is 4.90. The molecule has 2 rings (SSSR count). The zero-order chi connectivity index (χ0) is 14.2. The Balaban J connectivity index is 2.39. The Bertz CT molecular complexity index is 731. The molecular weight excluding hydrogens is 440 g/mol. The molecule has 0 aliphatic heterocycles. The van der Waals surface area contributed by atoms with Crippen LogP contribution in [0.5, 0.6) is 0 Å². The number of pyridine rings is 1. The highest BCUT2D eigenvalue weighted by Crippen LogP contribution is 2.35. The van der Waals surface area contributed by atoms with E-state index in [0.717, 1.165) is 3.79 Å². The van der Waals surface area contributed by atoms with Crippen molar-refractivity contribution in [2.45, 2.75) is 11.8 Å². The van der Waals surface area contributed by atoms with E-state index in [1.165, 1.54) is 23.5 Å². The van der Waals surface area contributed by atoms with Gasteiger partial charge in [-0.15, -0.1) is 11.3 Å². The van der Waals surface area contributed by atoms with Gasteiger partial charge in [-0.05, 0) is 57.0 Å². The second-order valence-corrected chi connectivity index (χ2v) is 9.35. The normalized spacial score (nSPS) is 11.6. The lowest BCUT2D eigenvalue weighted by atomic mass is 10.3. The van der Waals surface area contributed by atoms with Crippen LogP contribution in [-0.2, 0) is 10.0 Å². The molecule has 0 radical (unpaired) electrons. The number of halogens is 3. The number of aromatic nitrogens is 1. The molecule has 9 heteroatoms. The summed E-state index contributed by atoms with van der Waals surface area (Å²) in [6.07, 6.45) is 0. The van der Waals surface area contributed by atoms with E-state index in [9.17, 15) is 8.42 Å². The molecule has 0 amide bonds. The molecule has 2 aromatic heterocycles. The Hall–Kier alpha value is -0.150. The van der Waals surface area contributed by atoms with E-state index in [4.69, 9.17) is 11.6 Å². The first-order valence-corrected chi connectivity index (χ1v) is 9.17. The average Bonchev–Trinajstić information content (AvgIpc) is 2.63. The minimum Gasteiger partial charge on any atom is -0.278 e. The van der Waals surface area contributed by atoms with E-state index in [-0.39, 0.29) is 4.90 Å². The minimum atomic E-state index is -3.66. The van der Waals surface area contributed by atoms with Gasteiger partial charge in [0.1, 0.15) is 10.0 Å². The van der Waals surface area contributed by atoms with E-state index in [1.807, 2.05) is 0 Å². The molecular formula is C10H7Br2ClN2O2S2. The van der Waals surface area contributed by atoms with E-state index in [0.29, 0.717) is 20.3 Å². The number of sulfonamides is 1. The predicted molar refractivity (Wildman–Crippen MR) is 84.5 cm³/mol. The van der Waals surface area contributed by atoms with Gasteiger partial charge in [0.15, 0.2) is 0 Å². The van der Waals surface area contributed by atoms with Crippen LogP contribution in [0.1, 0.15) is 5.69 Å². The average molecular weight is 447 g/mol. The third-order valence-electron chi connectivity index (χ3n) is 2.21. The van der Waals surface area contributed by atoms with Gasteiger partial charge < -0.3 is 0 Å². The van der Waals surface area contributed by atoms with Crippen LogP contribution in [0.2, 0.25) is 5.15 Å². The van der Waals surface area contributed by atoms with Crippen LogP contribution in [0.4, 0.5) is 5.69 Å². The monoisotopic (exact) mass is 444 g/mol. The molecule has 1 N–H and O–H groups in total. The largest absolute Gasteiger partial charge is 0.278 e. The van der Waals surface area contributed by atoms with Gasteiger partial charge in [0.05, 0.1) is 19.0 Å². The lowest BCUT2D eigenvalue weighted by Crippen LogP contribution is -2.13. The highest BCUT2D eigenvalue weighted by Gasteiger charge is 2.21. The van der Waals surface area contributed by atoms with Crippen molar-refractivity contribution in [2.24, 2.45) is 0 Å². The lowest BCUT2D eigenvalue weighted by molar-refractivity contribution is 0.601. The summed E-state index contributed by atoms with van der Waals surface area (Å²) in [5.41, 5.74) is 0.917. The van der Waals surface area contributed by atoms with E-state index < -0.39 is 10.0 Å². The quantitative estimate of drug-likeness (QED) is 0.710. The molecule has 0 unspecified atom stereocenters. The molecule has 102 valence electrons. The Morgan fingerprint density at radius 3 is 2.58 bits per heavy atom. The van der Waals surface area contributed by atoms with Crippen LogP contribution >= 0.6 is 54.8 Å². The highest BCUT2D eigenvalue weighted by atomic mass is 79.9. The number of nitrogens with one attached hydrogen (secondary N) is 1. The van der Waals surface area contributed by atoms with Gasteiger partial charge in [-0.2, -0.15) is 0 Å². The van der Waals surface area contributed by atoms with Crippen LogP contribution in [0.25, 0.3) is 0 Å². The fourth-order valence-electron chi connectivity index (χ4n) is 1.35. The summed E-state index contributed by atoms with van der Waals surface area (Å²) < 4.78 is 28.3. The van der Waals surface area contributed by atoms with Crippen molar-refractivity contribution in [3.05, 3.63) is 36.6 Å². The molecule has 0 bridgehead atoms. The summed E-state index contributed by atoms with van der Waals surface area (Å²) in [4.78, 5) is 4.18. The third kappa shape index (κ3) is 3.49. The molecule has 0 spiro atoms. The summed E-state index contributed by atoms with van der Waals surface area (Å²) in [6, 6.07) is 4.65. The zero-order valence-electron chi connectivity index (χ0n) is 9.45. The Morgan fingerprint density at radius 1 is 1.37 bits per heavy atom. The standard InChI is InChI=1S/C10H7Br2ClN2O2S2/c1-5-6(2-3-9(13)14-5)15-19(16,17)7-4-8(11)18-10(7)12/h2-4,15H,1H3. The van der Waals surface area contributed by atoms with Crippen LogP contribution in [0, 0.1) is 6.92 Å². The molecule has 0 saturated carbocycles. The summed E-state index contributed by atoms with van der Waals surface area (Å²) in [5, 5.41) is 0.319. The first-order chi connectivity index (χ1) is 8.79. The van der Waals surface area contributed by atoms with Crippen molar-refractivity contribution < 1.29 is 8.42 Å². The predicted octanol–water partition coefficient (Wildman–Crippen LogP) is 4.43. The molecule has 0 aliphatic rings. The fourth-order valence-corrected chi connectivity index (χ4v) is 6.47. The topological polar surface area (TPSA) is 59.1 Å². The number of aryl methyl sites for hydroxylation is 1. The molecule has 0 fully saturated rings. The van der Waals surface area contributed by atoms with Crippen molar-refractivity contribution in [3.63, 3.8) is 0 Å². The van der Waals surface area contributed by atoms with Gasteiger partial charge in [-0.3, -0.25) is 4.72 Å². The van der Waals surface area contributed by atoms with Crippen LogP contribution in [-0.4, -0.2) is 13.4 Å². The fraction of sp³-hybridized carbons (Fsp3) is 0.100. The van der Waals surface area contributed by atoms with Crippen molar-refractivity contribution >= 4 is 70.5 Å². The van der Waals surface area contributed by atoms with E-state index in [1.54, 1.807) is 13.0 Å². The first kappa shape index (κ1) is 15.2. The molecule has 0 atom stereocenters.